The van der Waals surface area contributed by atoms with Gasteiger partial charge in [-0.1, -0.05) is 11.6 Å². The first-order valence-corrected chi connectivity index (χ1v) is 9.55. The maximum atomic E-state index is 12.1. The topological polar surface area (TPSA) is 117 Å². The van der Waals surface area contributed by atoms with Crippen molar-refractivity contribution in [1.82, 2.24) is 0 Å². The van der Waals surface area contributed by atoms with Crippen LogP contribution in [0.3, 0.4) is 0 Å². The van der Waals surface area contributed by atoms with Gasteiger partial charge >= 0.3 is 5.97 Å². The Kier molecular flexibility index (Phi) is 7.21. The molecule has 1 atom stereocenters. The number of nitro groups is 1. The number of nitrogens with zero attached hydrogens (tertiary/aromatic N) is 1. The Morgan fingerprint density at radius 1 is 1.23 bits per heavy atom. The minimum absolute atomic E-state index is 0.0821. The Bertz CT molecular complexity index is 927. The Balaban J connectivity index is 1.49. The summed E-state index contributed by atoms with van der Waals surface area (Å²) >= 11 is 5.81. The molecule has 9 nitrogen and oxygen atoms in total. The number of carbonyl (C=O) groups is 2. The van der Waals surface area contributed by atoms with E-state index in [1.807, 2.05) is 0 Å². The number of carbonyl (C=O) groups excluding carboxylic acids is 2. The number of hydrogen-bond donors (Lipinski definition) is 1. The Morgan fingerprint density at radius 3 is 2.67 bits per heavy atom. The lowest BCUT2D eigenvalue weighted by atomic mass is 10.2. The quantitative estimate of drug-likeness (QED) is 0.383. The number of benzene rings is 2. The average Bonchev–Trinajstić information content (AvgIpc) is 3.24. The zero-order chi connectivity index (χ0) is 21.5. The number of nitrogens with one attached hydrogen (secondary N) is 1. The molecule has 1 aliphatic rings. The van der Waals surface area contributed by atoms with E-state index < -0.39 is 23.4 Å². The first-order chi connectivity index (χ1) is 14.4. The van der Waals surface area contributed by atoms with Crippen molar-refractivity contribution in [2.45, 2.75) is 18.9 Å². The van der Waals surface area contributed by atoms with Crippen LogP contribution in [0.1, 0.15) is 23.2 Å². The van der Waals surface area contributed by atoms with E-state index in [9.17, 15) is 19.7 Å². The summed E-state index contributed by atoms with van der Waals surface area (Å²) in [5.41, 5.74) is -0.167. The molecule has 10 heteroatoms. The van der Waals surface area contributed by atoms with Crippen molar-refractivity contribution in [1.29, 1.82) is 0 Å². The average molecular weight is 435 g/mol. The van der Waals surface area contributed by atoms with Crippen molar-refractivity contribution < 1.29 is 28.7 Å². The second-order valence-electron chi connectivity index (χ2n) is 6.51. The summed E-state index contributed by atoms with van der Waals surface area (Å²) in [6, 6.07) is 10.0. The molecule has 0 spiro atoms. The molecular formula is C20H19ClN2O7. The lowest BCUT2D eigenvalue weighted by Gasteiger charge is -2.11. The van der Waals surface area contributed by atoms with Crippen LogP contribution < -0.4 is 10.1 Å². The van der Waals surface area contributed by atoms with Gasteiger partial charge in [-0.05, 0) is 49.2 Å². The second-order valence-corrected chi connectivity index (χ2v) is 6.95. The van der Waals surface area contributed by atoms with Crippen LogP contribution in [-0.4, -0.2) is 42.7 Å². The molecule has 0 saturated carbocycles. The molecule has 30 heavy (non-hydrogen) atoms. The SMILES string of the molecule is O=C(COC(=O)c1ccc(OCC2CCCO2)cc1)Nc1cc(Cl)ccc1[N+](=O)[O-]. The molecule has 1 N–H and O–H groups in total. The summed E-state index contributed by atoms with van der Waals surface area (Å²) in [5, 5.41) is 13.6. The van der Waals surface area contributed by atoms with Gasteiger partial charge < -0.3 is 19.5 Å². The molecule has 1 unspecified atom stereocenters. The molecule has 2 aromatic carbocycles. The van der Waals surface area contributed by atoms with Gasteiger partial charge in [-0.3, -0.25) is 14.9 Å². The molecule has 1 heterocycles. The van der Waals surface area contributed by atoms with Gasteiger partial charge in [-0.25, -0.2) is 4.79 Å². The highest BCUT2D eigenvalue weighted by atomic mass is 35.5. The van der Waals surface area contributed by atoms with E-state index in [0.717, 1.165) is 19.4 Å². The van der Waals surface area contributed by atoms with Crippen molar-refractivity contribution in [3.63, 3.8) is 0 Å². The molecule has 1 saturated heterocycles. The molecule has 0 radical (unpaired) electrons. The van der Waals surface area contributed by atoms with Gasteiger partial charge in [0.05, 0.1) is 16.6 Å². The van der Waals surface area contributed by atoms with Crippen molar-refractivity contribution in [3.05, 3.63) is 63.2 Å². The van der Waals surface area contributed by atoms with E-state index in [1.165, 1.54) is 30.3 Å². The van der Waals surface area contributed by atoms with E-state index in [0.29, 0.717) is 12.4 Å². The first kappa shape index (κ1) is 21.5. The monoisotopic (exact) mass is 434 g/mol. The molecule has 3 rings (SSSR count). The highest BCUT2D eigenvalue weighted by Crippen LogP contribution is 2.27. The molecule has 1 amide bonds. The number of amides is 1. The van der Waals surface area contributed by atoms with Crippen molar-refractivity contribution >= 4 is 34.9 Å². The van der Waals surface area contributed by atoms with Gasteiger partial charge in [-0.2, -0.15) is 0 Å². The van der Waals surface area contributed by atoms with E-state index in [4.69, 9.17) is 25.8 Å². The number of ether oxygens (including phenoxy) is 3. The summed E-state index contributed by atoms with van der Waals surface area (Å²) in [4.78, 5) is 34.5. The summed E-state index contributed by atoms with van der Waals surface area (Å²) in [6.45, 7) is 0.580. The van der Waals surface area contributed by atoms with E-state index >= 15 is 0 Å². The van der Waals surface area contributed by atoms with Gasteiger partial charge in [0.25, 0.3) is 11.6 Å². The third kappa shape index (κ3) is 5.91. The van der Waals surface area contributed by atoms with Gasteiger partial charge in [-0.15, -0.1) is 0 Å². The van der Waals surface area contributed by atoms with Crippen LogP contribution in [0, 0.1) is 10.1 Å². The van der Waals surface area contributed by atoms with Crippen molar-refractivity contribution in [2.24, 2.45) is 0 Å². The first-order valence-electron chi connectivity index (χ1n) is 9.18. The molecule has 1 aliphatic heterocycles. The van der Waals surface area contributed by atoms with Crippen LogP contribution in [0.25, 0.3) is 0 Å². The molecule has 158 valence electrons. The van der Waals surface area contributed by atoms with Crippen LogP contribution >= 0.6 is 11.6 Å². The van der Waals surface area contributed by atoms with Gasteiger partial charge in [0.2, 0.25) is 0 Å². The Hall–Kier alpha value is -3.17. The number of esters is 1. The number of hydrogen-bond acceptors (Lipinski definition) is 7. The molecule has 1 fully saturated rings. The molecular weight excluding hydrogens is 416 g/mol. The predicted octanol–water partition coefficient (Wildman–Crippen LogP) is 3.60. The zero-order valence-corrected chi connectivity index (χ0v) is 16.6. The summed E-state index contributed by atoms with van der Waals surface area (Å²) < 4.78 is 16.1. The van der Waals surface area contributed by atoms with Crippen molar-refractivity contribution in [3.8, 4) is 5.75 Å². The molecule has 0 aliphatic carbocycles. The van der Waals surface area contributed by atoms with E-state index in [-0.39, 0.29) is 28.1 Å². The standard InChI is InChI=1S/C20H19ClN2O7/c21-14-5-8-18(23(26)27)17(10-14)22-19(24)12-30-20(25)13-3-6-15(7-4-13)29-11-16-2-1-9-28-16/h3-8,10,16H,1-2,9,11-12H2,(H,22,24). The van der Waals surface area contributed by atoms with Gasteiger partial charge in [0.15, 0.2) is 6.61 Å². The maximum Gasteiger partial charge on any atom is 0.338 e. The zero-order valence-electron chi connectivity index (χ0n) is 15.8. The lowest BCUT2D eigenvalue weighted by Crippen LogP contribution is -2.21. The highest BCUT2D eigenvalue weighted by Gasteiger charge is 2.18. The van der Waals surface area contributed by atoms with Crippen LogP contribution in [0.15, 0.2) is 42.5 Å². The lowest BCUT2D eigenvalue weighted by molar-refractivity contribution is -0.383. The molecule has 0 bridgehead atoms. The number of nitro benzene ring substituents is 1. The smallest absolute Gasteiger partial charge is 0.338 e. The minimum Gasteiger partial charge on any atom is -0.491 e. The molecule has 2 aromatic rings. The summed E-state index contributed by atoms with van der Waals surface area (Å²) in [7, 11) is 0. The summed E-state index contributed by atoms with van der Waals surface area (Å²) in [6.07, 6.45) is 2.07. The maximum absolute atomic E-state index is 12.1. The molecule has 0 aromatic heterocycles. The predicted molar refractivity (Wildman–Crippen MR) is 108 cm³/mol. The largest absolute Gasteiger partial charge is 0.491 e. The number of anilines is 1. The van der Waals surface area contributed by atoms with E-state index in [2.05, 4.69) is 5.32 Å². The van der Waals surface area contributed by atoms with Gasteiger partial charge in [0.1, 0.15) is 18.0 Å². The van der Waals surface area contributed by atoms with Gasteiger partial charge in [0, 0.05) is 17.7 Å². The normalized spacial score (nSPS) is 15.4. The number of rotatable bonds is 8. The fourth-order valence-corrected chi connectivity index (χ4v) is 2.99. The van der Waals surface area contributed by atoms with Crippen LogP contribution in [0.5, 0.6) is 5.75 Å². The van der Waals surface area contributed by atoms with Crippen LogP contribution in [-0.2, 0) is 14.3 Å². The Morgan fingerprint density at radius 2 is 2.00 bits per heavy atom. The van der Waals surface area contributed by atoms with Crippen molar-refractivity contribution in [2.75, 3.05) is 25.1 Å². The fraction of sp³-hybridized carbons (Fsp3) is 0.300. The highest BCUT2D eigenvalue weighted by molar-refractivity contribution is 6.31. The van der Waals surface area contributed by atoms with Crippen LogP contribution in [0.4, 0.5) is 11.4 Å². The number of halogens is 1. The minimum atomic E-state index is -0.731. The van der Waals surface area contributed by atoms with Crippen LogP contribution in [0.2, 0.25) is 5.02 Å². The second kappa shape index (κ2) is 10.0. The third-order valence-electron chi connectivity index (χ3n) is 4.31. The fourth-order valence-electron chi connectivity index (χ4n) is 2.82. The summed E-state index contributed by atoms with van der Waals surface area (Å²) in [5.74, 6) is -0.852. The van der Waals surface area contributed by atoms with E-state index in [1.54, 1.807) is 12.1 Å². The Labute approximate surface area is 177 Å². The third-order valence-corrected chi connectivity index (χ3v) is 4.55.